The Labute approximate surface area is 112 Å². The van der Waals surface area contributed by atoms with Gasteiger partial charge in [-0.1, -0.05) is 13.0 Å². The SMILES string of the molecule is COc1ccc(C(=O)C2=CC[C@]3(C)CC[C@]23O)cc1. The van der Waals surface area contributed by atoms with E-state index >= 15 is 0 Å². The van der Waals surface area contributed by atoms with Crippen LogP contribution in [0.2, 0.25) is 0 Å². The Morgan fingerprint density at radius 2 is 1.95 bits per heavy atom. The molecule has 2 atom stereocenters. The molecule has 3 rings (SSSR count). The Hall–Kier alpha value is -1.61. The number of benzene rings is 1. The van der Waals surface area contributed by atoms with Gasteiger partial charge in [0.15, 0.2) is 5.78 Å². The van der Waals surface area contributed by atoms with E-state index < -0.39 is 5.60 Å². The van der Waals surface area contributed by atoms with Gasteiger partial charge in [0.1, 0.15) is 5.75 Å². The second kappa shape index (κ2) is 3.94. The number of aliphatic hydroxyl groups is 1. The number of hydrogen-bond acceptors (Lipinski definition) is 3. The van der Waals surface area contributed by atoms with E-state index in [1.165, 1.54) is 0 Å². The molecule has 0 spiro atoms. The summed E-state index contributed by atoms with van der Waals surface area (Å²) in [5.41, 5.74) is 0.136. The van der Waals surface area contributed by atoms with Crippen LogP contribution in [-0.2, 0) is 0 Å². The minimum Gasteiger partial charge on any atom is -0.497 e. The number of hydrogen-bond donors (Lipinski definition) is 1. The summed E-state index contributed by atoms with van der Waals surface area (Å²) >= 11 is 0. The third-order valence-electron chi connectivity index (χ3n) is 4.84. The second-order valence-corrected chi connectivity index (χ2v) is 5.80. The summed E-state index contributed by atoms with van der Waals surface area (Å²) < 4.78 is 5.08. The van der Waals surface area contributed by atoms with Crippen LogP contribution in [0.15, 0.2) is 35.9 Å². The largest absolute Gasteiger partial charge is 0.497 e. The van der Waals surface area contributed by atoms with Crippen molar-refractivity contribution in [2.24, 2.45) is 5.41 Å². The highest BCUT2D eigenvalue weighted by Gasteiger charge is 2.60. The quantitative estimate of drug-likeness (QED) is 0.848. The lowest BCUT2D eigenvalue weighted by molar-refractivity contribution is -0.113. The smallest absolute Gasteiger partial charge is 0.191 e. The molecule has 0 bridgehead atoms. The molecular formula is C16H18O3. The van der Waals surface area contributed by atoms with Crippen LogP contribution in [0.3, 0.4) is 0 Å². The molecule has 3 heteroatoms. The number of Topliss-reactive ketones (excluding diaryl/α,β-unsaturated/α-hetero) is 1. The van der Waals surface area contributed by atoms with Crippen LogP contribution < -0.4 is 4.74 Å². The van der Waals surface area contributed by atoms with Crippen molar-refractivity contribution in [1.82, 2.24) is 0 Å². The summed E-state index contributed by atoms with van der Waals surface area (Å²) in [5, 5.41) is 10.7. The number of methoxy groups -OCH3 is 1. The number of carbonyl (C=O) groups is 1. The maximum atomic E-state index is 12.5. The van der Waals surface area contributed by atoms with Crippen molar-refractivity contribution in [1.29, 1.82) is 0 Å². The molecule has 1 fully saturated rings. The van der Waals surface area contributed by atoms with Gasteiger partial charge in [-0.25, -0.2) is 0 Å². The Bertz CT molecular complexity index is 558. The Morgan fingerprint density at radius 1 is 1.26 bits per heavy atom. The topological polar surface area (TPSA) is 46.5 Å². The molecule has 0 unspecified atom stereocenters. The molecular weight excluding hydrogens is 240 g/mol. The first-order valence-corrected chi connectivity index (χ1v) is 6.62. The van der Waals surface area contributed by atoms with Gasteiger partial charge < -0.3 is 9.84 Å². The lowest BCUT2D eigenvalue weighted by Gasteiger charge is -2.51. The van der Waals surface area contributed by atoms with Crippen LogP contribution in [-0.4, -0.2) is 23.6 Å². The van der Waals surface area contributed by atoms with Crippen molar-refractivity contribution in [3.05, 3.63) is 41.5 Å². The van der Waals surface area contributed by atoms with E-state index in [2.05, 4.69) is 6.92 Å². The van der Waals surface area contributed by atoms with E-state index in [-0.39, 0.29) is 11.2 Å². The Balaban J connectivity index is 1.89. The van der Waals surface area contributed by atoms with Crippen LogP contribution in [0.25, 0.3) is 0 Å². The highest BCUT2D eigenvalue weighted by atomic mass is 16.5. The molecule has 1 aromatic carbocycles. The molecule has 1 N–H and O–H groups in total. The molecule has 0 amide bonds. The third kappa shape index (κ3) is 1.58. The summed E-state index contributed by atoms with van der Waals surface area (Å²) in [7, 11) is 1.60. The van der Waals surface area contributed by atoms with E-state index in [4.69, 9.17) is 4.74 Å². The summed E-state index contributed by atoms with van der Waals surface area (Å²) in [5.74, 6) is 0.665. The van der Waals surface area contributed by atoms with E-state index in [0.717, 1.165) is 18.6 Å². The molecule has 0 saturated heterocycles. The van der Waals surface area contributed by atoms with Crippen molar-refractivity contribution < 1.29 is 14.6 Å². The van der Waals surface area contributed by atoms with Gasteiger partial charge in [-0.3, -0.25) is 4.79 Å². The zero-order chi connectivity index (χ0) is 13.7. The van der Waals surface area contributed by atoms with E-state index in [9.17, 15) is 9.90 Å². The van der Waals surface area contributed by atoms with Gasteiger partial charge in [-0.05, 0) is 43.5 Å². The number of rotatable bonds is 3. The first-order valence-electron chi connectivity index (χ1n) is 6.62. The van der Waals surface area contributed by atoms with E-state index in [0.29, 0.717) is 17.6 Å². The molecule has 0 radical (unpaired) electrons. The predicted molar refractivity (Wildman–Crippen MR) is 72.3 cm³/mol. The number of ketones is 1. The average Bonchev–Trinajstić information content (AvgIpc) is 2.61. The van der Waals surface area contributed by atoms with Crippen molar-refractivity contribution in [2.75, 3.05) is 7.11 Å². The van der Waals surface area contributed by atoms with Gasteiger partial charge >= 0.3 is 0 Å². The lowest BCUT2D eigenvalue weighted by atomic mass is 9.57. The highest BCUT2D eigenvalue weighted by molar-refractivity contribution is 6.10. The standard InChI is InChI=1S/C16H18O3/c1-15-8-7-13(16(15,18)10-9-15)14(17)11-3-5-12(19-2)6-4-11/h3-7,18H,8-10H2,1-2H3/t15-,16+/m1/s1. The van der Waals surface area contributed by atoms with Crippen LogP contribution in [0.4, 0.5) is 0 Å². The fraction of sp³-hybridized carbons (Fsp3) is 0.438. The van der Waals surface area contributed by atoms with Gasteiger partial charge in [0, 0.05) is 16.6 Å². The van der Waals surface area contributed by atoms with Gasteiger partial charge in [-0.15, -0.1) is 0 Å². The molecule has 0 aromatic heterocycles. The second-order valence-electron chi connectivity index (χ2n) is 5.80. The molecule has 0 aliphatic heterocycles. The molecule has 1 saturated carbocycles. The lowest BCUT2D eigenvalue weighted by Crippen LogP contribution is -2.54. The fourth-order valence-electron chi connectivity index (χ4n) is 3.19. The molecule has 2 aliphatic carbocycles. The molecule has 0 heterocycles. The van der Waals surface area contributed by atoms with Crippen molar-refractivity contribution in [3.63, 3.8) is 0 Å². The normalized spacial score (nSPS) is 32.3. The average molecular weight is 258 g/mol. The van der Waals surface area contributed by atoms with Crippen LogP contribution in [0, 0.1) is 5.41 Å². The zero-order valence-corrected chi connectivity index (χ0v) is 11.3. The van der Waals surface area contributed by atoms with Crippen molar-refractivity contribution in [3.8, 4) is 5.75 Å². The molecule has 19 heavy (non-hydrogen) atoms. The van der Waals surface area contributed by atoms with E-state index in [1.54, 1.807) is 31.4 Å². The molecule has 100 valence electrons. The predicted octanol–water partition coefficient (Wildman–Crippen LogP) is 2.74. The highest BCUT2D eigenvalue weighted by Crippen LogP contribution is 2.60. The van der Waals surface area contributed by atoms with E-state index in [1.807, 2.05) is 6.08 Å². The number of fused-ring (bicyclic) bond motifs is 1. The number of ether oxygens (including phenoxy) is 1. The third-order valence-corrected chi connectivity index (χ3v) is 4.84. The van der Waals surface area contributed by atoms with Crippen molar-refractivity contribution >= 4 is 5.78 Å². The maximum absolute atomic E-state index is 12.5. The van der Waals surface area contributed by atoms with Gasteiger partial charge in [0.2, 0.25) is 0 Å². The monoisotopic (exact) mass is 258 g/mol. The Kier molecular flexibility index (Phi) is 2.58. The van der Waals surface area contributed by atoms with Crippen LogP contribution in [0.5, 0.6) is 5.75 Å². The summed E-state index contributed by atoms with van der Waals surface area (Å²) in [6.45, 7) is 2.06. The maximum Gasteiger partial charge on any atom is 0.191 e. The summed E-state index contributed by atoms with van der Waals surface area (Å²) in [6, 6.07) is 7.04. The summed E-state index contributed by atoms with van der Waals surface area (Å²) in [4.78, 5) is 12.5. The Morgan fingerprint density at radius 3 is 2.42 bits per heavy atom. The van der Waals surface area contributed by atoms with Crippen molar-refractivity contribution in [2.45, 2.75) is 31.8 Å². The van der Waals surface area contributed by atoms with Crippen LogP contribution >= 0.6 is 0 Å². The molecule has 1 aromatic rings. The minimum atomic E-state index is -0.913. The van der Waals surface area contributed by atoms with Gasteiger partial charge in [0.25, 0.3) is 0 Å². The minimum absolute atomic E-state index is 0.0615. The van der Waals surface area contributed by atoms with Gasteiger partial charge in [0.05, 0.1) is 12.7 Å². The fourth-order valence-corrected chi connectivity index (χ4v) is 3.19. The number of allylic oxidation sites excluding steroid dienone is 1. The first-order chi connectivity index (χ1) is 9.00. The zero-order valence-electron chi connectivity index (χ0n) is 11.3. The number of carbonyl (C=O) groups excluding carboxylic acids is 1. The molecule has 3 nitrogen and oxygen atoms in total. The summed E-state index contributed by atoms with van der Waals surface area (Å²) in [6.07, 6.45) is 4.39. The van der Waals surface area contributed by atoms with Crippen LogP contribution in [0.1, 0.15) is 36.5 Å². The van der Waals surface area contributed by atoms with Gasteiger partial charge in [-0.2, -0.15) is 0 Å². The molecule has 2 aliphatic rings. The first kappa shape index (κ1) is 12.4.